The molecule has 2 aromatic carbocycles. The number of carbonyl (C=O) groups excluding carboxylic acids is 2. The van der Waals surface area contributed by atoms with Gasteiger partial charge in [-0.1, -0.05) is 38.1 Å². The number of para-hydroxylation sites is 1. The molecule has 0 aliphatic carbocycles. The van der Waals surface area contributed by atoms with E-state index in [1.807, 2.05) is 19.9 Å². The average molecular weight is 469 g/mol. The Balaban J connectivity index is 1.65. The molecule has 2 aromatic rings. The van der Waals surface area contributed by atoms with Crippen LogP contribution in [0.3, 0.4) is 0 Å². The van der Waals surface area contributed by atoms with Gasteiger partial charge in [0.1, 0.15) is 6.07 Å². The molecule has 0 atom stereocenters. The van der Waals surface area contributed by atoms with E-state index in [1.165, 1.54) is 16.4 Å². The molecule has 1 aliphatic rings. The third kappa shape index (κ3) is 5.78. The van der Waals surface area contributed by atoms with Crippen LogP contribution in [-0.4, -0.2) is 44.2 Å². The second kappa shape index (κ2) is 10.6. The third-order valence-electron chi connectivity index (χ3n) is 5.55. The van der Waals surface area contributed by atoms with E-state index in [2.05, 4.69) is 10.6 Å². The summed E-state index contributed by atoms with van der Waals surface area (Å²) < 4.78 is 27.3. The lowest BCUT2D eigenvalue weighted by Gasteiger charge is -2.30. The van der Waals surface area contributed by atoms with Crippen LogP contribution in [0.1, 0.15) is 42.6 Å². The lowest BCUT2D eigenvalue weighted by molar-refractivity contribution is -0.120. The molecule has 2 amide bonds. The maximum Gasteiger partial charge on any atom is 0.253 e. The first kappa shape index (κ1) is 24.4. The van der Waals surface area contributed by atoms with Gasteiger partial charge in [0.25, 0.3) is 5.91 Å². The summed E-state index contributed by atoms with van der Waals surface area (Å²) in [6.45, 7) is 4.88. The molecule has 0 radical (unpaired) electrons. The fourth-order valence-corrected chi connectivity index (χ4v) is 5.31. The van der Waals surface area contributed by atoms with Crippen molar-refractivity contribution in [3.8, 4) is 6.07 Å². The zero-order valence-corrected chi connectivity index (χ0v) is 19.6. The number of hydrogen-bond acceptors (Lipinski definition) is 5. The molecule has 174 valence electrons. The predicted octanol–water partition coefficient (Wildman–Crippen LogP) is 2.98. The van der Waals surface area contributed by atoms with E-state index < -0.39 is 10.0 Å². The molecule has 1 saturated heterocycles. The normalized spacial score (nSPS) is 15.1. The standard InChI is InChI=1S/C24H28N4O4S/c1-17(2)16-26-24(30)20-8-4-5-9-21(20)27-23(29)18-11-13-28(14-12-18)33(31,32)22-10-6-3-7-19(22)15-25/h3-10,17-18H,11-14,16H2,1-2H3,(H,26,30)(H,27,29). The quantitative estimate of drug-likeness (QED) is 0.647. The number of anilines is 1. The third-order valence-corrected chi connectivity index (χ3v) is 7.51. The van der Waals surface area contributed by atoms with E-state index >= 15 is 0 Å². The number of nitrogens with zero attached hydrogens (tertiary/aromatic N) is 2. The number of rotatable bonds is 7. The van der Waals surface area contributed by atoms with Gasteiger partial charge in [-0.3, -0.25) is 9.59 Å². The van der Waals surface area contributed by atoms with Crippen LogP contribution in [0.15, 0.2) is 53.4 Å². The molecule has 2 N–H and O–H groups in total. The minimum Gasteiger partial charge on any atom is -0.352 e. The van der Waals surface area contributed by atoms with Crippen LogP contribution in [0.25, 0.3) is 0 Å². The summed E-state index contributed by atoms with van der Waals surface area (Å²) in [6, 6.07) is 14.9. The van der Waals surface area contributed by atoms with Crippen molar-refractivity contribution in [1.82, 2.24) is 9.62 Å². The number of piperidine rings is 1. The zero-order chi connectivity index (χ0) is 24.0. The first-order valence-corrected chi connectivity index (χ1v) is 12.4. The van der Waals surface area contributed by atoms with Gasteiger partial charge in [0.15, 0.2) is 0 Å². The van der Waals surface area contributed by atoms with E-state index in [-0.39, 0.29) is 41.3 Å². The molecule has 0 bridgehead atoms. The summed E-state index contributed by atoms with van der Waals surface area (Å²) >= 11 is 0. The van der Waals surface area contributed by atoms with Crippen LogP contribution >= 0.6 is 0 Å². The van der Waals surface area contributed by atoms with Crippen LogP contribution in [0.2, 0.25) is 0 Å². The Bertz CT molecular complexity index is 1160. The predicted molar refractivity (Wildman–Crippen MR) is 125 cm³/mol. The van der Waals surface area contributed by atoms with Crippen LogP contribution in [-0.2, 0) is 14.8 Å². The van der Waals surface area contributed by atoms with Crippen molar-refractivity contribution >= 4 is 27.5 Å². The van der Waals surface area contributed by atoms with Gasteiger partial charge in [-0.15, -0.1) is 0 Å². The summed E-state index contributed by atoms with van der Waals surface area (Å²) in [5, 5.41) is 14.9. The Morgan fingerprint density at radius 1 is 1.09 bits per heavy atom. The summed E-state index contributed by atoms with van der Waals surface area (Å²) in [4.78, 5) is 25.4. The first-order valence-electron chi connectivity index (χ1n) is 10.9. The molecule has 0 aromatic heterocycles. The van der Waals surface area contributed by atoms with Gasteiger partial charge in [0, 0.05) is 25.6 Å². The molecule has 9 heteroatoms. The topological polar surface area (TPSA) is 119 Å². The van der Waals surface area contributed by atoms with Crippen LogP contribution < -0.4 is 10.6 Å². The molecule has 8 nitrogen and oxygen atoms in total. The SMILES string of the molecule is CC(C)CNC(=O)c1ccccc1NC(=O)C1CCN(S(=O)(=O)c2ccccc2C#N)CC1. The van der Waals surface area contributed by atoms with E-state index in [9.17, 15) is 23.3 Å². The van der Waals surface area contributed by atoms with Crippen LogP contribution in [0.5, 0.6) is 0 Å². The summed E-state index contributed by atoms with van der Waals surface area (Å²) in [6.07, 6.45) is 0.697. The molecule has 0 spiro atoms. The average Bonchev–Trinajstić information content (AvgIpc) is 2.82. The number of nitrogens with one attached hydrogen (secondary N) is 2. The first-order chi connectivity index (χ1) is 15.7. The minimum atomic E-state index is -3.82. The molecular formula is C24H28N4O4S. The molecule has 33 heavy (non-hydrogen) atoms. The molecule has 1 heterocycles. The zero-order valence-electron chi connectivity index (χ0n) is 18.7. The molecule has 1 fully saturated rings. The number of nitriles is 1. The van der Waals surface area contributed by atoms with Gasteiger partial charge in [0.05, 0.1) is 21.7 Å². The van der Waals surface area contributed by atoms with Crippen LogP contribution in [0, 0.1) is 23.2 Å². The Morgan fingerprint density at radius 3 is 2.39 bits per heavy atom. The number of amides is 2. The van der Waals surface area contributed by atoms with Gasteiger partial charge in [-0.2, -0.15) is 9.57 Å². The highest BCUT2D eigenvalue weighted by atomic mass is 32.2. The Hall–Kier alpha value is -3.22. The Labute approximate surface area is 194 Å². The van der Waals surface area contributed by atoms with Gasteiger partial charge in [0.2, 0.25) is 15.9 Å². The van der Waals surface area contributed by atoms with E-state index in [4.69, 9.17) is 0 Å². The van der Waals surface area contributed by atoms with Crippen molar-refractivity contribution in [2.45, 2.75) is 31.6 Å². The highest BCUT2D eigenvalue weighted by Gasteiger charge is 2.33. The number of hydrogen-bond donors (Lipinski definition) is 2. The van der Waals surface area contributed by atoms with Crippen molar-refractivity contribution in [3.05, 3.63) is 59.7 Å². The van der Waals surface area contributed by atoms with Crippen molar-refractivity contribution < 1.29 is 18.0 Å². The second-order valence-electron chi connectivity index (χ2n) is 8.43. The largest absolute Gasteiger partial charge is 0.352 e. The summed E-state index contributed by atoms with van der Waals surface area (Å²) in [7, 11) is -3.82. The smallest absolute Gasteiger partial charge is 0.253 e. The monoisotopic (exact) mass is 468 g/mol. The lowest BCUT2D eigenvalue weighted by atomic mass is 9.97. The second-order valence-corrected chi connectivity index (χ2v) is 10.3. The highest BCUT2D eigenvalue weighted by Crippen LogP contribution is 2.27. The lowest BCUT2D eigenvalue weighted by Crippen LogP contribution is -2.41. The fourth-order valence-electron chi connectivity index (χ4n) is 3.70. The Morgan fingerprint density at radius 2 is 1.73 bits per heavy atom. The maximum absolute atomic E-state index is 13.0. The number of benzene rings is 2. The van der Waals surface area contributed by atoms with Gasteiger partial charge in [-0.05, 0) is 43.0 Å². The molecule has 0 saturated carbocycles. The maximum atomic E-state index is 13.0. The van der Waals surface area contributed by atoms with Crippen molar-refractivity contribution in [1.29, 1.82) is 5.26 Å². The fraction of sp³-hybridized carbons (Fsp3) is 0.375. The van der Waals surface area contributed by atoms with Crippen molar-refractivity contribution in [2.75, 3.05) is 25.0 Å². The molecule has 3 rings (SSSR count). The van der Waals surface area contributed by atoms with Crippen LogP contribution in [0.4, 0.5) is 5.69 Å². The van der Waals surface area contributed by atoms with E-state index in [1.54, 1.807) is 36.4 Å². The van der Waals surface area contributed by atoms with Gasteiger partial charge >= 0.3 is 0 Å². The van der Waals surface area contributed by atoms with Crippen molar-refractivity contribution in [2.24, 2.45) is 11.8 Å². The molecule has 1 aliphatic heterocycles. The van der Waals surface area contributed by atoms with E-state index in [0.29, 0.717) is 36.6 Å². The van der Waals surface area contributed by atoms with E-state index in [0.717, 1.165) is 0 Å². The number of carbonyl (C=O) groups is 2. The summed E-state index contributed by atoms with van der Waals surface area (Å²) in [5.41, 5.74) is 0.922. The minimum absolute atomic E-state index is 0.0169. The van der Waals surface area contributed by atoms with Gasteiger partial charge in [-0.25, -0.2) is 8.42 Å². The van der Waals surface area contributed by atoms with Gasteiger partial charge < -0.3 is 10.6 Å². The molecular weight excluding hydrogens is 440 g/mol. The molecule has 0 unspecified atom stereocenters. The van der Waals surface area contributed by atoms with Crippen molar-refractivity contribution in [3.63, 3.8) is 0 Å². The summed E-state index contributed by atoms with van der Waals surface area (Å²) in [5.74, 6) is -0.572. The Kier molecular flexibility index (Phi) is 7.84. The number of sulfonamides is 1. The highest BCUT2D eigenvalue weighted by molar-refractivity contribution is 7.89.